The first-order chi connectivity index (χ1) is 15.9. The van der Waals surface area contributed by atoms with Crippen LogP contribution in [0.5, 0.6) is 0 Å². The van der Waals surface area contributed by atoms with E-state index in [1.807, 2.05) is 18.2 Å². The number of piperazine rings is 1. The van der Waals surface area contributed by atoms with Crippen LogP contribution in [0.25, 0.3) is 0 Å². The third-order valence-electron chi connectivity index (χ3n) is 6.23. The molecule has 0 radical (unpaired) electrons. The Bertz CT molecular complexity index is 1010. The summed E-state index contributed by atoms with van der Waals surface area (Å²) in [6, 6.07) is 10.3. The highest BCUT2D eigenvalue weighted by atomic mass is 32.1. The van der Waals surface area contributed by atoms with E-state index in [0.29, 0.717) is 23.7 Å². The van der Waals surface area contributed by atoms with Gasteiger partial charge < -0.3 is 15.0 Å². The number of hydrogen-bond donors (Lipinski definition) is 1. The minimum atomic E-state index is -0.873. The Morgan fingerprint density at radius 3 is 2.45 bits per heavy atom. The molecule has 7 nitrogen and oxygen atoms in total. The highest BCUT2D eigenvalue weighted by Gasteiger charge is 2.31. The Hall–Kier alpha value is -2.71. The topological polar surface area (TPSA) is 78.9 Å². The predicted molar refractivity (Wildman–Crippen MR) is 128 cm³/mol. The summed E-state index contributed by atoms with van der Waals surface area (Å²) >= 11 is 1.45. The largest absolute Gasteiger partial charge is 0.449 e. The third kappa shape index (κ3) is 5.62. The minimum Gasteiger partial charge on any atom is -0.449 e. The average molecular weight is 470 g/mol. The van der Waals surface area contributed by atoms with E-state index >= 15 is 0 Å². The van der Waals surface area contributed by atoms with Crippen molar-refractivity contribution < 1.29 is 19.1 Å². The number of nitrogens with one attached hydrogen (secondary N) is 1. The van der Waals surface area contributed by atoms with Crippen molar-refractivity contribution in [3.8, 4) is 0 Å². The van der Waals surface area contributed by atoms with Crippen LogP contribution in [0.15, 0.2) is 30.3 Å². The van der Waals surface area contributed by atoms with Gasteiger partial charge in [0.1, 0.15) is 5.00 Å². The number of carbonyl (C=O) groups is 3. The highest BCUT2D eigenvalue weighted by molar-refractivity contribution is 7.17. The maximum atomic E-state index is 13.1. The van der Waals surface area contributed by atoms with Crippen LogP contribution in [-0.2, 0) is 33.7 Å². The van der Waals surface area contributed by atoms with Crippen LogP contribution in [0.2, 0.25) is 0 Å². The van der Waals surface area contributed by atoms with Crippen molar-refractivity contribution in [3.63, 3.8) is 0 Å². The molecule has 1 aromatic carbocycles. The monoisotopic (exact) mass is 469 g/mol. The van der Waals surface area contributed by atoms with Crippen LogP contribution in [0.4, 0.5) is 5.00 Å². The molecule has 2 heterocycles. The van der Waals surface area contributed by atoms with Gasteiger partial charge in [-0.25, -0.2) is 4.79 Å². The van der Waals surface area contributed by atoms with Gasteiger partial charge in [-0.15, -0.1) is 11.3 Å². The highest BCUT2D eigenvalue weighted by Crippen LogP contribution is 2.38. The number of anilines is 1. The van der Waals surface area contributed by atoms with Gasteiger partial charge >= 0.3 is 5.97 Å². The number of hydrogen-bond acceptors (Lipinski definition) is 6. The molecular formula is C25H31N3O4S. The maximum absolute atomic E-state index is 13.1. The van der Waals surface area contributed by atoms with Crippen LogP contribution in [-0.4, -0.2) is 59.9 Å². The first kappa shape index (κ1) is 23.4. The van der Waals surface area contributed by atoms with Gasteiger partial charge in [-0.1, -0.05) is 30.3 Å². The molecule has 0 saturated carbocycles. The smallest absolute Gasteiger partial charge is 0.342 e. The Morgan fingerprint density at radius 1 is 1.06 bits per heavy atom. The molecule has 33 heavy (non-hydrogen) atoms. The first-order valence-corrected chi connectivity index (χ1v) is 12.4. The molecule has 8 heteroatoms. The van der Waals surface area contributed by atoms with Crippen molar-refractivity contribution in [2.75, 3.05) is 31.5 Å². The maximum Gasteiger partial charge on any atom is 0.342 e. The number of carbonyl (C=O) groups excluding carboxylic acids is 3. The van der Waals surface area contributed by atoms with Crippen molar-refractivity contribution in [1.29, 1.82) is 0 Å². The molecule has 2 amide bonds. The number of aryl methyl sites for hydroxylation is 1. The van der Waals surface area contributed by atoms with Gasteiger partial charge in [-0.05, 0) is 43.7 Å². The second-order valence-electron chi connectivity index (χ2n) is 8.73. The Morgan fingerprint density at radius 2 is 1.76 bits per heavy atom. The van der Waals surface area contributed by atoms with E-state index in [4.69, 9.17) is 4.74 Å². The fraction of sp³-hybridized carbons (Fsp3) is 0.480. The summed E-state index contributed by atoms with van der Waals surface area (Å²) in [6.45, 7) is 6.71. The summed E-state index contributed by atoms with van der Waals surface area (Å²) in [5, 5.41) is 3.32. The van der Waals surface area contributed by atoms with Crippen molar-refractivity contribution in [1.82, 2.24) is 9.80 Å². The molecular weight excluding hydrogens is 438 g/mol. The lowest BCUT2D eigenvalue weighted by Crippen LogP contribution is -2.51. The van der Waals surface area contributed by atoms with E-state index in [1.165, 1.54) is 23.8 Å². The van der Waals surface area contributed by atoms with Gasteiger partial charge in [-0.3, -0.25) is 14.5 Å². The van der Waals surface area contributed by atoms with Gasteiger partial charge in [0, 0.05) is 44.5 Å². The van der Waals surface area contributed by atoms with E-state index in [-0.39, 0.29) is 11.8 Å². The molecule has 1 saturated heterocycles. The van der Waals surface area contributed by atoms with Crippen molar-refractivity contribution >= 4 is 34.1 Å². The Labute approximate surface area is 198 Å². The van der Waals surface area contributed by atoms with Crippen LogP contribution < -0.4 is 5.32 Å². The van der Waals surface area contributed by atoms with Crippen LogP contribution in [0.3, 0.4) is 0 Å². The van der Waals surface area contributed by atoms with Gasteiger partial charge in [0.05, 0.1) is 5.56 Å². The zero-order valence-corrected chi connectivity index (χ0v) is 20.1. The van der Waals surface area contributed by atoms with Crippen LogP contribution in [0, 0.1) is 0 Å². The number of ether oxygens (including phenoxy) is 1. The molecule has 2 aliphatic rings. The summed E-state index contributed by atoms with van der Waals surface area (Å²) in [5.41, 5.74) is 2.65. The van der Waals surface area contributed by atoms with Crippen LogP contribution >= 0.6 is 11.3 Å². The predicted octanol–water partition coefficient (Wildman–Crippen LogP) is 3.48. The minimum absolute atomic E-state index is 0.173. The molecule has 1 atom stereocenters. The molecule has 1 aliphatic carbocycles. The van der Waals surface area contributed by atoms with Gasteiger partial charge in [-0.2, -0.15) is 0 Å². The fourth-order valence-corrected chi connectivity index (χ4v) is 5.85. The zero-order valence-electron chi connectivity index (χ0n) is 19.3. The van der Waals surface area contributed by atoms with E-state index < -0.39 is 12.1 Å². The van der Waals surface area contributed by atoms with Crippen molar-refractivity contribution in [2.45, 2.75) is 52.2 Å². The van der Waals surface area contributed by atoms with Gasteiger partial charge in [0.2, 0.25) is 5.91 Å². The number of rotatable bonds is 6. The number of esters is 1. The van der Waals surface area contributed by atoms with Gasteiger partial charge in [0.15, 0.2) is 6.10 Å². The number of thiophene rings is 1. The quantitative estimate of drug-likeness (QED) is 0.656. The first-order valence-electron chi connectivity index (χ1n) is 11.6. The molecule has 0 bridgehead atoms. The van der Waals surface area contributed by atoms with E-state index in [1.54, 1.807) is 11.8 Å². The lowest BCUT2D eigenvalue weighted by atomic mass is 9.95. The normalized spacial score (nSPS) is 17.2. The molecule has 1 fully saturated rings. The summed E-state index contributed by atoms with van der Waals surface area (Å²) in [5.74, 6) is -0.922. The standard InChI is InChI=1S/C25H31N3O4S/c1-17(24(30)28-14-12-27(13-15-28)16-19-8-4-3-5-9-19)32-25(31)22-20-10-6-7-11-21(20)33-23(22)26-18(2)29/h3-5,8-9,17H,6-7,10-16H2,1-2H3,(H,26,29). The lowest BCUT2D eigenvalue weighted by molar-refractivity contribution is -0.141. The molecule has 1 N–H and O–H groups in total. The SMILES string of the molecule is CC(=O)Nc1sc2c(c1C(=O)OC(C)C(=O)N1CCN(Cc3ccccc3)CC1)CCCC2. The van der Waals surface area contributed by atoms with E-state index in [2.05, 4.69) is 22.3 Å². The summed E-state index contributed by atoms with van der Waals surface area (Å²) in [6.07, 6.45) is 2.91. The summed E-state index contributed by atoms with van der Waals surface area (Å²) < 4.78 is 5.63. The van der Waals surface area contributed by atoms with Crippen LogP contribution in [0.1, 0.15) is 53.1 Å². The zero-order chi connectivity index (χ0) is 23.4. The molecule has 176 valence electrons. The van der Waals surface area contributed by atoms with E-state index in [9.17, 15) is 14.4 Å². The molecule has 1 aromatic heterocycles. The Kier molecular flexibility index (Phi) is 7.45. The second kappa shape index (κ2) is 10.5. The molecule has 4 rings (SSSR count). The number of nitrogens with zero attached hydrogens (tertiary/aromatic N) is 2. The third-order valence-corrected chi connectivity index (χ3v) is 7.44. The lowest BCUT2D eigenvalue weighted by Gasteiger charge is -2.35. The number of amides is 2. The fourth-order valence-electron chi connectivity index (χ4n) is 4.52. The van der Waals surface area contributed by atoms with Gasteiger partial charge in [0.25, 0.3) is 5.91 Å². The second-order valence-corrected chi connectivity index (χ2v) is 9.84. The molecule has 2 aromatic rings. The van der Waals surface area contributed by atoms with E-state index in [0.717, 1.165) is 55.8 Å². The summed E-state index contributed by atoms with van der Waals surface area (Å²) in [7, 11) is 0. The van der Waals surface area contributed by atoms with Crippen molar-refractivity contribution in [3.05, 3.63) is 51.9 Å². The van der Waals surface area contributed by atoms with Crippen molar-refractivity contribution in [2.24, 2.45) is 0 Å². The molecule has 0 spiro atoms. The Balaban J connectivity index is 1.36. The molecule has 1 unspecified atom stereocenters. The summed E-state index contributed by atoms with van der Waals surface area (Å²) in [4.78, 5) is 43.0. The average Bonchev–Trinajstić information content (AvgIpc) is 3.17. The number of benzene rings is 1. The molecule has 1 aliphatic heterocycles. The number of fused-ring (bicyclic) bond motifs is 1.